The van der Waals surface area contributed by atoms with E-state index in [0.29, 0.717) is 12.2 Å². The van der Waals surface area contributed by atoms with Crippen LogP contribution in [0.2, 0.25) is 0 Å². The highest BCUT2D eigenvalue weighted by Gasteiger charge is 2.12. The number of hydrogen-bond donors (Lipinski definition) is 2. The lowest BCUT2D eigenvalue weighted by Gasteiger charge is -2.22. The van der Waals surface area contributed by atoms with Gasteiger partial charge in [-0.2, -0.15) is 0 Å². The Kier molecular flexibility index (Phi) is 5.21. The smallest absolute Gasteiger partial charge is 0.270 e. The summed E-state index contributed by atoms with van der Waals surface area (Å²) >= 11 is 0. The molecule has 0 bridgehead atoms. The standard InChI is InChI=1S/C18H23N3O2/c1-18(2,3)21-14-9-10-19-16(11-14)17(22)20-12-13-5-7-15(23-4)8-6-13/h5-11H,12H2,1-4H3,(H,19,21)(H,20,22). The maximum absolute atomic E-state index is 12.2. The number of carbonyl (C=O) groups excluding carboxylic acids is 1. The second-order valence-corrected chi connectivity index (χ2v) is 6.34. The van der Waals surface area contributed by atoms with Crippen LogP contribution in [-0.2, 0) is 6.54 Å². The number of pyridine rings is 1. The van der Waals surface area contributed by atoms with Crippen LogP contribution in [0.1, 0.15) is 36.8 Å². The Morgan fingerprint density at radius 3 is 2.48 bits per heavy atom. The Hall–Kier alpha value is -2.56. The Bertz CT molecular complexity index is 661. The van der Waals surface area contributed by atoms with Crippen LogP contribution in [0, 0.1) is 0 Å². The molecule has 5 nitrogen and oxygen atoms in total. The lowest BCUT2D eigenvalue weighted by Crippen LogP contribution is -2.27. The van der Waals surface area contributed by atoms with Gasteiger partial charge >= 0.3 is 0 Å². The van der Waals surface area contributed by atoms with Crippen molar-refractivity contribution in [1.82, 2.24) is 10.3 Å². The van der Waals surface area contributed by atoms with E-state index in [9.17, 15) is 4.79 Å². The number of nitrogens with zero attached hydrogens (tertiary/aromatic N) is 1. The van der Waals surface area contributed by atoms with Crippen LogP contribution in [0.15, 0.2) is 42.6 Å². The normalized spacial score (nSPS) is 11.0. The van der Waals surface area contributed by atoms with Gasteiger partial charge in [-0.3, -0.25) is 9.78 Å². The molecule has 5 heteroatoms. The summed E-state index contributed by atoms with van der Waals surface area (Å²) in [5.41, 5.74) is 2.20. The molecule has 23 heavy (non-hydrogen) atoms. The van der Waals surface area contributed by atoms with Crippen molar-refractivity contribution in [1.29, 1.82) is 0 Å². The minimum Gasteiger partial charge on any atom is -0.497 e. The molecule has 0 unspecified atom stereocenters. The van der Waals surface area contributed by atoms with Crippen molar-refractivity contribution in [3.05, 3.63) is 53.9 Å². The van der Waals surface area contributed by atoms with Crippen molar-refractivity contribution in [3.63, 3.8) is 0 Å². The van der Waals surface area contributed by atoms with Gasteiger partial charge in [0.05, 0.1) is 7.11 Å². The van der Waals surface area contributed by atoms with Crippen LogP contribution in [0.25, 0.3) is 0 Å². The zero-order valence-electron chi connectivity index (χ0n) is 14.0. The molecule has 2 aromatic rings. The molecule has 1 heterocycles. The van der Waals surface area contributed by atoms with Gasteiger partial charge in [0.1, 0.15) is 11.4 Å². The van der Waals surface area contributed by atoms with Gasteiger partial charge in [-0.15, -0.1) is 0 Å². The number of carbonyl (C=O) groups is 1. The van der Waals surface area contributed by atoms with Crippen LogP contribution in [0.4, 0.5) is 5.69 Å². The van der Waals surface area contributed by atoms with Gasteiger partial charge in [0, 0.05) is 24.0 Å². The first-order chi connectivity index (χ1) is 10.9. The fraction of sp³-hybridized carbons (Fsp3) is 0.333. The fourth-order valence-electron chi connectivity index (χ4n) is 2.08. The van der Waals surface area contributed by atoms with E-state index in [-0.39, 0.29) is 11.4 Å². The van der Waals surface area contributed by atoms with E-state index in [4.69, 9.17) is 4.74 Å². The van der Waals surface area contributed by atoms with Crippen LogP contribution in [-0.4, -0.2) is 23.5 Å². The summed E-state index contributed by atoms with van der Waals surface area (Å²) in [4.78, 5) is 16.4. The Morgan fingerprint density at radius 1 is 1.17 bits per heavy atom. The number of aromatic nitrogens is 1. The average molecular weight is 313 g/mol. The summed E-state index contributed by atoms with van der Waals surface area (Å²) in [6.07, 6.45) is 1.64. The van der Waals surface area contributed by atoms with Gasteiger partial charge in [0.15, 0.2) is 0 Å². The first kappa shape index (κ1) is 16.8. The summed E-state index contributed by atoms with van der Waals surface area (Å²) in [6.45, 7) is 6.64. The van der Waals surface area contributed by atoms with Crippen molar-refractivity contribution < 1.29 is 9.53 Å². The summed E-state index contributed by atoms with van der Waals surface area (Å²) in [7, 11) is 1.63. The predicted octanol–water partition coefficient (Wildman–Crippen LogP) is 3.23. The van der Waals surface area contributed by atoms with Gasteiger partial charge in [0.2, 0.25) is 0 Å². The van der Waals surface area contributed by atoms with Gasteiger partial charge in [-0.1, -0.05) is 12.1 Å². The van der Waals surface area contributed by atoms with Crippen molar-refractivity contribution in [2.75, 3.05) is 12.4 Å². The third kappa shape index (κ3) is 5.29. The van der Waals surface area contributed by atoms with Crippen molar-refractivity contribution in [3.8, 4) is 5.75 Å². The fourth-order valence-corrected chi connectivity index (χ4v) is 2.08. The number of methoxy groups -OCH3 is 1. The molecule has 2 N–H and O–H groups in total. The number of nitrogens with one attached hydrogen (secondary N) is 2. The molecule has 0 atom stereocenters. The summed E-state index contributed by atoms with van der Waals surface area (Å²) < 4.78 is 5.11. The highest BCUT2D eigenvalue weighted by atomic mass is 16.5. The molecular weight excluding hydrogens is 290 g/mol. The van der Waals surface area contributed by atoms with Crippen LogP contribution in [0.5, 0.6) is 5.75 Å². The summed E-state index contributed by atoms with van der Waals surface area (Å²) in [5.74, 6) is 0.598. The van der Waals surface area contributed by atoms with Gasteiger partial charge in [0.25, 0.3) is 5.91 Å². The molecule has 0 fully saturated rings. The predicted molar refractivity (Wildman–Crippen MR) is 91.8 cm³/mol. The molecule has 0 aliphatic rings. The third-order valence-electron chi connectivity index (χ3n) is 3.12. The molecule has 0 aliphatic carbocycles. The Morgan fingerprint density at radius 2 is 1.87 bits per heavy atom. The van der Waals surface area contributed by atoms with E-state index in [2.05, 4.69) is 36.4 Å². The van der Waals surface area contributed by atoms with Crippen LogP contribution in [0.3, 0.4) is 0 Å². The number of ether oxygens (including phenoxy) is 1. The van der Waals surface area contributed by atoms with Crippen LogP contribution < -0.4 is 15.4 Å². The number of amides is 1. The lowest BCUT2D eigenvalue weighted by molar-refractivity contribution is 0.0946. The van der Waals surface area contributed by atoms with E-state index >= 15 is 0 Å². The maximum Gasteiger partial charge on any atom is 0.270 e. The molecular formula is C18H23N3O2. The monoisotopic (exact) mass is 313 g/mol. The molecule has 122 valence electrons. The molecule has 0 radical (unpaired) electrons. The van der Waals surface area contributed by atoms with E-state index in [0.717, 1.165) is 17.0 Å². The minimum absolute atomic E-state index is 0.0712. The molecule has 1 aromatic heterocycles. The lowest BCUT2D eigenvalue weighted by atomic mass is 10.1. The number of hydrogen-bond acceptors (Lipinski definition) is 4. The summed E-state index contributed by atoms with van der Waals surface area (Å²) in [5, 5.41) is 6.20. The number of benzene rings is 1. The van der Waals surface area contributed by atoms with Crippen molar-refractivity contribution in [2.45, 2.75) is 32.9 Å². The Labute approximate surface area is 137 Å². The highest BCUT2D eigenvalue weighted by Crippen LogP contribution is 2.15. The molecule has 0 spiro atoms. The molecule has 1 aromatic carbocycles. The summed E-state index contributed by atoms with van der Waals surface area (Å²) in [6, 6.07) is 11.2. The van der Waals surface area contributed by atoms with Crippen LogP contribution >= 0.6 is 0 Å². The minimum atomic E-state index is -0.196. The SMILES string of the molecule is COc1ccc(CNC(=O)c2cc(NC(C)(C)C)ccn2)cc1. The highest BCUT2D eigenvalue weighted by molar-refractivity contribution is 5.93. The quantitative estimate of drug-likeness (QED) is 0.889. The van der Waals surface area contributed by atoms with Gasteiger partial charge in [-0.05, 0) is 50.6 Å². The maximum atomic E-state index is 12.2. The van der Waals surface area contributed by atoms with Crippen molar-refractivity contribution in [2.24, 2.45) is 0 Å². The van der Waals surface area contributed by atoms with E-state index in [1.165, 1.54) is 0 Å². The van der Waals surface area contributed by atoms with E-state index in [1.807, 2.05) is 30.3 Å². The van der Waals surface area contributed by atoms with E-state index < -0.39 is 0 Å². The largest absolute Gasteiger partial charge is 0.497 e. The molecule has 2 rings (SSSR count). The average Bonchev–Trinajstić information content (AvgIpc) is 2.51. The van der Waals surface area contributed by atoms with Gasteiger partial charge in [-0.25, -0.2) is 0 Å². The molecule has 0 aliphatic heterocycles. The number of anilines is 1. The molecule has 0 saturated carbocycles. The second-order valence-electron chi connectivity index (χ2n) is 6.34. The zero-order valence-corrected chi connectivity index (χ0v) is 14.0. The van der Waals surface area contributed by atoms with Gasteiger partial charge < -0.3 is 15.4 Å². The number of rotatable bonds is 5. The molecule has 0 saturated heterocycles. The zero-order chi connectivity index (χ0) is 16.9. The second kappa shape index (κ2) is 7.13. The Balaban J connectivity index is 1.98. The topological polar surface area (TPSA) is 63.2 Å². The van der Waals surface area contributed by atoms with E-state index in [1.54, 1.807) is 19.4 Å². The first-order valence-electron chi connectivity index (χ1n) is 7.53. The molecule has 1 amide bonds. The third-order valence-corrected chi connectivity index (χ3v) is 3.12. The first-order valence-corrected chi connectivity index (χ1v) is 7.53. The van der Waals surface area contributed by atoms with Crippen molar-refractivity contribution >= 4 is 11.6 Å².